The van der Waals surface area contributed by atoms with Gasteiger partial charge in [-0.05, 0) is 48.7 Å². The summed E-state index contributed by atoms with van der Waals surface area (Å²) >= 11 is 0. The number of benzene rings is 2. The Hall–Kier alpha value is -3.55. The molecule has 168 valence electrons. The number of carbonyl (C=O) groups is 3. The second kappa shape index (κ2) is 9.72. The normalized spacial score (nSPS) is 18.8. The Morgan fingerprint density at radius 1 is 1.12 bits per heavy atom. The average Bonchev–Trinajstić information content (AvgIpc) is 3.17. The molecule has 0 aromatic heterocycles. The van der Waals surface area contributed by atoms with E-state index in [4.69, 9.17) is 4.74 Å². The molecule has 8 heteroatoms. The first-order valence-electron chi connectivity index (χ1n) is 10.9. The SMILES string of the molecule is COc1cccc(CN2CCC(NC(=O)c3cccc(N4CCNC4=O)c3)CCC2=O)c1. The standard InChI is InChI=1S/C24H28N4O4/c1-32-21-7-2-4-17(14-21)16-27-12-10-19(8-9-22(27)29)26-23(30)18-5-3-6-20(15-18)28-13-11-25-24(28)31/h2-7,14-15,19H,8-13,16H2,1H3,(H,25,31)(H,26,30). The highest BCUT2D eigenvalue weighted by molar-refractivity contribution is 5.98. The lowest BCUT2D eigenvalue weighted by Crippen LogP contribution is -2.36. The van der Waals surface area contributed by atoms with Crippen LogP contribution in [0.5, 0.6) is 5.75 Å². The topological polar surface area (TPSA) is 91.0 Å². The molecule has 4 amide bonds. The average molecular weight is 437 g/mol. The molecule has 4 rings (SSSR count). The number of hydrogen-bond acceptors (Lipinski definition) is 4. The predicted molar refractivity (Wildman–Crippen MR) is 121 cm³/mol. The van der Waals surface area contributed by atoms with Crippen LogP contribution >= 0.6 is 0 Å². The summed E-state index contributed by atoms with van der Waals surface area (Å²) in [6.45, 7) is 2.28. The van der Waals surface area contributed by atoms with Gasteiger partial charge in [-0.2, -0.15) is 0 Å². The molecule has 0 saturated carbocycles. The number of nitrogens with one attached hydrogen (secondary N) is 2. The van der Waals surface area contributed by atoms with Crippen molar-refractivity contribution >= 4 is 23.5 Å². The third kappa shape index (κ3) is 5.01. The molecule has 0 aliphatic carbocycles. The maximum Gasteiger partial charge on any atom is 0.321 e. The van der Waals surface area contributed by atoms with Gasteiger partial charge in [0.2, 0.25) is 5.91 Å². The molecule has 2 aromatic carbocycles. The third-order valence-electron chi connectivity index (χ3n) is 5.93. The van der Waals surface area contributed by atoms with Gasteiger partial charge < -0.3 is 20.3 Å². The number of methoxy groups -OCH3 is 1. The smallest absolute Gasteiger partial charge is 0.321 e. The fourth-order valence-electron chi connectivity index (χ4n) is 4.14. The van der Waals surface area contributed by atoms with Crippen LogP contribution < -0.4 is 20.3 Å². The monoisotopic (exact) mass is 436 g/mol. The van der Waals surface area contributed by atoms with E-state index < -0.39 is 0 Å². The molecule has 2 aliphatic heterocycles. The van der Waals surface area contributed by atoms with E-state index in [1.807, 2.05) is 35.2 Å². The molecule has 32 heavy (non-hydrogen) atoms. The molecule has 2 aliphatic rings. The van der Waals surface area contributed by atoms with Crippen LogP contribution in [-0.4, -0.2) is 55.5 Å². The van der Waals surface area contributed by atoms with Gasteiger partial charge in [-0.1, -0.05) is 18.2 Å². The molecule has 2 fully saturated rings. The Morgan fingerprint density at radius 3 is 2.75 bits per heavy atom. The first-order valence-corrected chi connectivity index (χ1v) is 10.9. The first-order chi connectivity index (χ1) is 15.5. The highest BCUT2D eigenvalue weighted by Gasteiger charge is 2.25. The summed E-state index contributed by atoms with van der Waals surface area (Å²) in [5, 5.41) is 5.83. The minimum absolute atomic E-state index is 0.0829. The molecule has 0 bridgehead atoms. The van der Waals surface area contributed by atoms with E-state index >= 15 is 0 Å². The van der Waals surface area contributed by atoms with Crippen molar-refractivity contribution < 1.29 is 19.1 Å². The highest BCUT2D eigenvalue weighted by Crippen LogP contribution is 2.21. The lowest BCUT2D eigenvalue weighted by Gasteiger charge is -2.21. The predicted octanol–water partition coefficient (Wildman–Crippen LogP) is 2.54. The Morgan fingerprint density at radius 2 is 1.97 bits per heavy atom. The quantitative estimate of drug-likeness (QED) is 0.728. The largest absolute Gasteiger partial charge is 0.497 e. The zero-order chi connectivity index (χ0) is 22.5. The van der Waals surface area contributed by atoms with E-state index in [1.165, 1.54) is 0 Å². The number of urea groups is 1. The van der Waals surface area contributed by atoms with Crippen molar-refractivity contribution in [1.29, 1.82) is 0 Å². The van der Waals surface area contributed by atoms with Crippen molar-refractivity contribution in [2.24, 2.45) is 0 Å². The minimum Gasteiger partial charge on any atom is -0.497 e. The van der Waals surface area contributed by atoms with Crippen molar-refractivity contribution in [1.82, 2.24) is 15.5 Å². The molecule has 1 atom stereocenters. The Labute approximate surface area is 187 Å². The van der Waals surface area contributed by atoms with Gasteiger partial charge >= 0.3 is 6.03 Å². The fraction of sp³-hybridized carbons (Fsp3) is 0.375. The van der Waals surface area contributed by atoms with Crippen LogP contribution in [0, 0.1) is 0 Å². The highest BCUT2D eigenvalue weighted by atomic mass is 16.5. The first kappa shape index (κ1) is 21.7. The number of hydrogen-bond donors (Lipinski definition) is 2. The van der Waals surface area contributed by atoms with Gasteiger partial charge in [0.25, 0.3) is 5.91 Å². The summed E-state index contributed by atoms with van der Waals surface area (Å²) in [4.78, 5) is 40.9. The second-order valence-corrected chi connectivity index (χ2v) is 8.10. The number of nitrogens with zero attached hydrogens (tertiary/aromatic N) is 2. The molecule has 2 aromatic rings. The van der Waals surface area contributed by atoms with Gasteiger partial charge in [0, 0.05) is 49.9 Å². The third-order valence-corrected chi connectivity index (χ3v) is 5.93. The zero-order valence-corrected chi connectivity index (χ0v) is 18.2. The van der Waals surface area contributed by atoms with Crippen LogP contribution in [-0.2, 0) is 11.3 Å². The number of rotatable bonds is 6. The van der Waals surface area contributed by atoms with Crippen molar-refractivity contribution in [2.75, 3.05) is 31.6 Å². The number of amides is 4. The fourth-order valence-corrected chi connectivity index (χ4v) is 4.14. The summed E-state index contributed by atoms with van der Waals surface area (Å²) in [7, 11) is 1.62. The minimum atomic E-state index is -0.190. The molecule has 2 N–H and O–H groups in total. The molecular formula is C24H28N4O4. The van der Waals surface area contributed by atoms with E-state index in [0.29, 0.717) is 56.7 Å². The molecule has 1 unspecified atom stereocenters. The van der Waals surface area contributed by atoms with E-state index in [1.54, 1.807) is 30.2 Å². The van der Waals surface area contributed by atoms with E-state index in [9.17, 15) is 14.4 Å². The molecule has 2 saturated heterocycles. The lowest BCUT2D eigenvalue weighted by molar-refractivity contribution is -0.131. The molecular weight excluding hydrogens is 408 g/mol. The summed E-state index contributed by atoms with van der Waals surface area (Å²) in [6, 6.07) is 14.6. The molecule has 0 radical (unpaired) electrons. The van der Waals surface area contributed by atoms with Crippen LogP contribution in [0.1, 0.15) is 35.2 Å². The number of anilines is 1. The van der Waals surface area contributed by atoms with Gasteiger partial charge in [-0.25, -0.2) is 4.79 Å². The van der Waals surface area contributed by atoms with Gasteiger partial charge in [0.05, 0.1) is 7.11 Å². The van der Waals surface area contributed by atoms with E-state index in [0.717, 1.165) is 11.3 Å². The Bertz CT molecular complexity index is 1010. The molecule has 8 nitrogen and oxygen atoms in total. The summed E-state index contributed by atoms with van der Waals surface area (Å²) in [5.41, 5.74) is 2.22. The van der Waals surface area contributed by atoms with Crippen LogP contribution in [0.3, 0.4) is 0 Å². The van der Waals surface area contributed by atoms with Crippen molar-refractivity contribution in [3.8, 4) is 5.75 Å². The van der Waals surface area contributed by atoms with Crippen molar-refractivity contribution in [3.05, 3.63) is 59.7 Å². The number of likely N-dealkylation sites (tertiary alicyclic amines) is 1. The maximum atomic E-state index is 12.9. The number of carbonyl (C=O) groups excluding carboxylic acids is 3. The van der Waals surface area contributed by atoms with Gasteiger partial charge in [0.15, 0.2) is 0 Å². The van der Waals surface area contributed by atoms with Gasteiger partial charge in [-0.3, -0.25) is 14.5 Å². The van der Waals surface area contributed by atoms with Crippen molar-refractivity contribution in [2.45, 2.75) is 31.8 Å². The van der Waals surface area contributed by atoms with Crippen LogP contribution in [0.2, 0.25) is 0 Å². The van der Waals surface area contributed by atoms with Gasteiger partial charge in [-0.15, -0.1) is 0 Å². The van der Waals surface area contributed by atoms with Gasteiger partial charge in [0.1, 0.15) is 5.75 Å². The van der Waals surface area contributed by atoms with E-state index in [2.05, 4.69) is 10.6 Å². The van der Waals surface area contributed by atoms with Crippen LogP contribution in [0.15, 0.2) is 48.5 Å². The summed E-state index contributed by atoms with van der Waals surface area (Å²) in [6.07, 6.45) is 1.69. The Balaban J connectivity index is 1.36. The lowest BCUT2D eigenvalue weighted by atomic mass is 10.1. The maximum absolute atomic E-state index is 12.9. The molecule has 2 heterocycles. The number of ether oxygens (including phenoxy) is 1. The summed E-state index contributed by atoms with van der Waals surface area (Å²) < 4.78 is 5.27. The Kier molecular flexibility index (Phi) is 6.58. The van der Waals surface area contributed by atoms with Crippen LogP contribution in [0.4, 0.5) is 10.5 Å². The molecule has 0 spiro atoms. The van der Waals surface area contributed by atoms with E-state index in [-0.39, 0.29) is 23.9 Å². The van der Waals surface area contributed by atoms with Crippen molar-refractivity contribution in [3.63, 3.8) is 0 Å². The second-order valence-electron chi connectivity index (χ2n) is 8.10. The van der Waals surface area contributed by atoms with Crippen LogP contribution in [0.25, 0.3) is 0 Å². The summed E-state index contributed by atoms with van der Waals surface area (Å²) in [5.74, 6) is 0.667. The zero-order valence-electron chi connectivity index (χ0n) is 18.2.